The fourth-order valence-corrected chi connectivity index (χ4v) is 4.33. The zero-order valence-electron chi connectivity index (χ0n) is 16.5. The van der Waals surface area contributed by atoms with E-state index in [-0.39, 0.29) is 11.6 Å². The molecule has 0 N–H and O–H groups in total. The third-order valence-electron chi connectivity index (χ3n) is 6.11. The van der Waals surface area contributed by atoms with Crippen LogP contribution in [0.3, 0.4) is 0 Å². The van der Waals surface area contributed by atoms with Gasteiger partial charge in [-0.15, -0.1) is 0 Å². The van der Waals surface area contributed by atoms with Gasteiger partial charge in [0.05, 0.1) is 18.7 Å². The average molecular weight is 365 g/mol. The van der Waals surface area contributed by atoms with Crippen LogP contribution in [0.1, 0.15) is 68.6 Å². The Labute approximate surface area is 162 Å². The van der Waals surface area contributed by atoms with Gasteiger partial charge >= 0.3 is 0 Å². The molecular weight excluding hydrogens is 337 g/mol. The van der Waals surface area contributed by atoms with Gasteiger partial charge in [-0.25, -0.2) is 4.39 Å². The van der Waals surface area contributed by atoms with Gasteiger partial charge in [0.15, 0.2) is 11.6 Å². The molecule has 3 heteroatoms. The van der Waals surface area contributed by atoms with E-state index in [9.17, 15) is 9.65 Å². The predicted octanol–water partition coefficient (Wildman–Crippen LogP) is 6.62. The van der Waals surface area contributed by atoms with Gasteiger partial charge in [0, 0.05) is 11.1 Å². The van der Waals surface area contributed by atoms with Crippen molar-refractivity contribution in [3.05, 3.63) is 52.8 Å². The molecule has 2 aromatic carbocycles. The van der Waals surface area contributed by atoms with Crippen molar-refractivity contribution in [2.24, 2.45) is 5.92 Å². The molecule has 3 rings (SSSR count). The highest BCUT2D eigenvalue weighted by atomic mass is 19.1. The molecule has 0 amide bonds. The number of methoxy groups -OCH3 is 1. The molecule has 0 aromatic heterocycles. The van der Waals surface area contributed by atoms with Gasteiger partial charge < -0.3 is 4.74 Å². The standard InChI is InChI=1S/C24H28FNO/c1-4-16-6-8-18(9-7-16)19-11-12-21(20(14-19)15-26)22-13-10-17(5-2)23(25)24(22)27-3/h10-14,16,18H,4-9H2,1-3H3. The Morgan fingerprint density at radius 2 is 1.78 bits per heavy atom. The Kier molecular flexibility index (Phi) is 6.16. The highest BCUT2D eigenvalue weighted by Gasteiger charge is 2.23. The summed E-state index contributed by atoms with van der Waals surface area (Å²) in [5.74, 6) is 1.26. The smallest absolute Gasteiger partial charge is 0.168 e. The molecule has 1 aliphatic carbocycles. The molecule has 142 valence electrons. The van der Waals surface area contributed by atoms with Gasteiger partial charge in [-0.05, 0) is 61.1 Å². The van der Waals surface area contributed by atoms with Crippen molar-refractivity contribution in [1.82, 2.24) is 0 Å². The normalized spacial score (nSPS) is 19.5. The maximum atomic E-state index is 14.7. The van der Waals surface area contributed by atoms with Crippen molar-refractivity contribution < 1.29 is 9.13 Å². The Bertz CT molecular complexity index is 844. The summed E-state index contributed by atoms with van der Waals surface area (Å²) in [5.41, 5.74) is 3.83. The minimum atomic E-state index is -0.330. The van der Waals surface area contributed by atoms with E-state index in [1.807, 2.05) is 25.1 Å². The van der Waals surface area contributed by atoms with E-state index in [1.165, 1.54) is 44.8 Å². The molecule has 1 fully saturated rings. The molecular formula is C24H28FNO. The van der Waals surface area contributed by atoms with Crippen LogP contribution in [0.2, 0.25) is 0 Å². The van der Waals surface area contributed by atoms with E-state index < -0.39 is 0 Å². The number of hydrogen-bond donors (Lipinski definition) is 0. The molecule has 1 aliphatic rings. The lowest BCUT2D eigenvalue weighted by molar-refractivity contribution is 0.319. The van der Waals surface area contributed by atoms with Gasteiger partial charge in [0.2, 0.25) is 0 Å². The fraction of sp³-hybridized carbons (Fsp3) is 0.458. The fourth-order valence-electron chi connectivity index (χ4n) is 4.33. The third kappa shape index (κ3) is 3.86. The lowest BCUT2D eigenvalue weighted by atomic mass is 9.77. The molecule has 0 aliphatic heterocycles. The maximum Gasteiger partial charge on any atom is 0.168 e. The Morgan fingerprint density at radius 1 is 1.07 bits per heavy atom. The lowest BCUT2D eigenvalue weighted by Crippen LogP contribution is -2.12. The molecule has 0 heterocycles. The van der Waals surface area contributed by atoms with E-state index in [1.54, 1.807) is 6.07 Å². The molecule has 0 atom stereocenters. The highest BCUT2D eigenvalue weighted by molar-refractivity contribution is 5.76. The summed E-state index contributed by atoms with van der Waals surface area (Å²) in [5, 5.41) is 9.73. The molecule has 0 bridgehead atoms. The first kappa shape index (κ1) is 19.4. The van der Waals surface area contributed by atoms with Crippen LogP contribution in [0.4, 0.5) is 4.39 Å². The summed E-state index contributed by atoms with van der Waals surface area (Å²) >= 11 is 0. The van der Waals surface area contributed by atoms with Crippen molar-refractivity contribution in [3.63, 3.8) is 0 Å². The molecule has 27 heavy (non-hydrogen) atoms. The van der Waals surface area contributed by atoms with E-state index in [0.717, 1.165) is 11.5 Å². The molecule has 2 aromatic rings. The summed E-state index contributed by atoms with van der Waals surface area (Å²) in [4.78, 5) is 0. The first-order valence-electron chi connectivity index (χ1n) is 10.0. The quantitative estimate of drug-likeness (QED) is 0.596. The molecule has 0 unspecified atom stereocenters. The van der Waals surface area contributed by atoms with E-state index in [0.29, 0.717) is 29.0 Å². The predicted molar refractivity (Wildman–Crippen MR) is 107 cm³/mol. The number of benzene rings is 2. The van der Waals surface area contributed by atoms with Crippen molar-refractivity contribution in [1.29, 1.82) is 5.26 Å². The second kappa shape index (κ2) is 8.57. The van der Waals surface area contributed by atoms with Crippen LogP contribution < -0.4 is 4.74 Å². The summed E-state index contributed by atoms with van der Waals surface area (Å²) < 4.78 is 20.0. The first-order valence-corrected chi connectivity index (χ1v) is 10.0. The van der Waals surface area contributed by atoms with Crippen LogP contribution >= 0.6 is 0 Å². The van der Waals surface area contributed by atoms with Crippen molar-refractivity contribution in [2.75, 3.05) is 7.11 Å². The minimum absolute atomic E-state index is 0.224. The molecule has 0 saturated heterocycles. The van der Waals surface area contributed by atoms with Gasteiger partial charge in [0.1, 0.15) is 0 Å². The second-order valence-electron chi connectivity index (χ2n) is 7.52. The van der Waals surface area contributed by atoms with Gasteiger partial charge in [-0.3, -0.25) is 0 Å². The van der Waals surface area contributed by atoms with Crippen molar-refractivity contribution in [3.8, 4) is 22.9 Å². The summed E-state index contributed by atoms with van der Waals surface area (Å²) in [6.07, 6.45) is 6.77. The van der Waals surface area contributed by atoms with Gasteiger partial charge in [-0.1, -0.05) is 44.5 Å². The minimum Gasteiger partial charge on any atom is -0.493 e. The number of rotatable bonds is 5. The average Bonchev–Trinajstić information content (AvgIpc) is 2.73. The number of ether oxygens (including phenoxy) is 1. The summed E-state index contributed by atoms with van der Waals surface area (Å²) in [7, 11) is 1.48. The first-order chi connectivity index (χ1) is 13.1. The number of halogens is 1. The molecule has 0 radical (unpaired) electrons. The Morgan fingerprint density at radius 3 is 2.37 bits per heavy atom. The third-order valence-corrected chi connectivity index (χ3v) is 6.11. The largest absolute Gasteiger partial charge is 0.493 e. The van der Waals surface area contributed by atoms with Crippen LogP contribution in [0.5, 0.6) is 5.75 Å². The zero-order valence-corrected chi connectivity index (χ0v) is 16.5. The van der Waals surface area contributed by atoms with Crippen LogP contribution in [-0.4, -0.2) is 7.11 Å². The van der Waals surface area contributed by atoms with E-state index in [2.05, 4.69) is 19.1 Å². The zero-order chi connectivity index (χ0) is 19.4. The van der Waals surface area contributed by atoms with Gasteiger partial charge in [-0.2, -0.15) is 5.26 Å². The lowest BCUT2D eigenvalue weighted by Gasteiger charge is -2.28. The summed E-state index contributed by atoms with van der Waals surface area (Å²) in [6.45, 7) is 4.18. The molecule has 1 saturated carbocycles. The SMILES string of the molecule is CCc1ccc(-c2ccc(C3CCC(CC)CC3)cc2C#N)c(OC)c1F. The monoisotopic (exact) mass is 365 g/mol. The van der Waals surface area contributed by atoms with Crippen LogP contribution in [0.15, 0.2) is 30.3 Å². The van der Waals surface area contributed by atoms with Crippen LogP contribution in [-0.2, 0) is 6.42 Å². The number of nitrogens with zero attached hydrogens (tertiary/aromatic N) is 1. The van der Waals surface area contributed by atoms with E-state index in [4.69, 9.17) is 4.74 Å². The Hall–Kier alpha value is -2.34. The van der Waals surface area contributed by atoms with Crippen molar-refractivity contribution in [2.45, 2.75) is 58.3 Å². The van der Waals surface area contributed by atoms with E-state index >= 15 is 0 Å². The van der Waals surface area contributed by atoms with Gasteiger partial charge in [0.25, 0.3) is 0 Å². The number of aryl methyl sites for hydroxylation is 1. The number of nitriles is 1. The maximum absolute atomic E-state index is 14.7. The topological polar surface area (TPSA) is 33.0 Å². The van der Waals surface area contributed by atoms with Crippen LogP contribution in [0.25, 0.3) is 11.1 Å². The van der Waals surface area contributed by atoms with Crippen molar-refractivity contribution >= 4 is 0 Å². The summed E-state index contributed by atoms with van der Waals surface area (Å²) in [6, 6.07) is 12.0. The second-order valence-corrected chi connectivity index (χ2v) is 7.52. The molecule has 2 nitrogen and oxygen atoms in total. The van der Waals surface area contributed by atoms with Crippen LogP contribution in [0, 0.1) is 23.1 Å². The number of hydrogen-bond acceptors (Lipinski definition) is 2. The highest BCUT2D eigenvalue weighted by Crippen LogP contribution is 2.40. The Balaban J connectivity index is 1.97. The molecule has 0 spiro atoms.